The zero-order chi connectivity index (χ0) is 17.6. The van der Waals surface area contributed by atoms with Crippen LogP contribution in [0.5, 0.6) is 0 Å². The van der Waals surface area contributed by atoms with Gasteiger partial charge in [-0.2, -0.15) is 0 Å². The second-order valence-corrected chi connectivity index (χ2v) is 5.46. The largest absolute Gasteiger partial charge is 0.360 e. The Kier molecular flexibility index (Phi) is 5.00. The molecular formula is C16H13ClN6O2. The smallest absolute Gasteiger partial charge is 0.353 e. The van der Waals surface area contributed by atoms with Crippen molar-refractivity contribution in [3.8, 4) is 0 Å². The van der Waals surface area contributed by atoms with Crippen LogP contribution in [0.2, 0.25) is 5.02 Å². The number of halogens is 1. The van der Waals surface area contributed by atoms with E-state index in [0.717, 1.165) is 5.56 Å². The van der Waals surface area contributed by atoms with Crippen molar-refractivity contribution in [1.82, 2.24) is 15.0 Å². The zero-order valence-corrected chi connectivity index (χ0v) is 13.6. The number of nitro groups is 1. The predicted octanol–water partition coefficient (Wildman–Crippen LogP) is 3.79. The number of hydrogen-bond donors (Lipinski definition) is 2. The number of nitrogens with zero attached hydrogens (tertiary/aromatic N) is 4. The molecule has 2 heterocycles. The molecule has 0 bridgehead atoms. The first-order chi connectivity index (χ1) is 12.1. The SMILES string of the molecule is O=[N+]([O-])c1c(NCc2cccnc2)ncnc1Nc1ccc(Cl)cc1. The van der Waals surface area contributed by atoms with Crippen LogP contribution in [0.15, 0.2) is 55.1 Å². The zero-order valence-electron chi connectivity index (χ0n) is 12.9. The van der Waals surface area contributed by atoms with E-state index in [9.17, 15) is 10.1 Å². The fourth-order valence-electron chi connectivity index (χ4n) is 2.13. The van der Waals surface area contributed by atoms with Crippen LogP contribution in [0.1, 0.15) is 5.56 Å². The Hall–Kier alpha value is -3.26. The molecule has 0 saturated heterocycles. The topological polar surface area (TPSA) is 106 Å². The highest BCUT2D eigenvalue weighted by Gasteiger charge is 2.23. The van der Waals surface area contributed by atoms with Crippen LogP contribution in [0.3, 0.4) is 0 Å². The maximum absolute atomic E-state index is 11.5. The van der Waals surface area contributed by atoms with Crippen molar-refractivity contribution in [2.45, 2.75) is 6.54 Å². The molecule has 2 N–H and O–H groups in total. The molecule has 0 aliphatic carbocycles. The van der Waals surface area contributed by atoms with Gasteiger partial charge >= 0.3 is 5.69 Å². The molecule has 0 atom stereocenters. The standard InChI is InChI=1S/C16H13ClN6O2/c17-12-3-5-13(6-4-12)22-16-14(23(24)25)15(20-10-21-16)19-9-11-2-1-7-18-8-11/h1-8,10H,9H2,(H2,19,20,21,22). The van der Waals surface area contributed by atoms with Gasteiger partial charge in [0.2, 0.25) is 11.6 Å². The number of hydrogen-bond acceptors (Lipinski definition) is 7. The summed E-state index contributed by atoms with van der Waals surface area (Å²) in [6.07, 6.45) is 4.59. The van der Waals surface area contributed by atoms with Crippen LogP contribution >= 0.6 is 11.6 Å². The van der Waals surface area contributed by atoms with Gasteiger partial charge in [0.1, 0.15) is 6.33 Å². The lowest BCUT2D eigenvalue weighted by Gasteiger charge is -2.10. The summed E-state index contributed by atoms with van der Waals surface area (Å²) in [4.78, 5) is 23.0. The second kappa shape index (κ2) is 7.54. The van der Waals surface area contributed by atoms with Gasteiger partial charge < -0.3 is 10.6 Å². The molecule has 0 aliphatic heterocycles. The lowest BCUT2D eigenvalue weighted by molar-refractivity contribution is -0.383. The molecule has 0 fully saturated rings. The summed E-state index contributed by atoms with van der Waals surface area (Å²) in [7, 11) is 0. The molecule has 0 amide bonds. The van der Waals surface area contributed by atoms with Crippen LogP contribution in [0.25, 0.3) is 0 Å². The van der Waals surface area contributed by atoms with Gasteiger partial charge in [-0.15, -0.1) is 0 Å². The van der Waals surface area contributed by atoms with E-state index in [1.807, 2.05) is 6.07 Å². The Labute approximate surface area is 148 Å². The van der Waals surface area contributed by atoms with Crippen molar-refractivity contribution in [2.75, 3.05) is 10.6 Å². The molecule has 25 heavy (non-hydrogen) atoms. The van der Waals surface area contributed by atoms with Gasteiger partial charge in [0.25, 0.3) is 0 Å². The third kappa shape index (κ3) is 4.18. The quantitative estimate of drug-likeness (QED) is 0.511. The van der Waals surface area contributed by atoms with E-state index in [2.05, 4.69) is 25.6 Å². The second-order valence-electron chi connectivity index (χ2n) is 5.02. The molecule has 0 saturated carbocycles. The number of benzene rings is 1. The Morgan fingerprint density at radius 2 is 1.88 bits per heavy atom. The fourth-order valence-corrected chi connectivity index (χ4v) is 2.26. The van der Waals surface area contributed by atoms with Gasteiger partial charge in [-0.3, -0.25) is 15.1 Å². The summed E-state index contributed by atoms with van der Waals surface area (Å²) >= 11 is 5.84. The molecule has 3 aromatic rings. The molecule has 1 aromatic carbocycles. The van der Waals surface area contributed by atoms with Gasteiger partial charge in [0.05, 0.1) is 4.92 Å². The third-order valence-corrected chi connectivity index (χ3v) is 3.55. The minimum Gasteiger partial charge on any atom is -0.360 e. The Morgan fingerprint density at radius 1 is 1.12 bits per heavy atom. The first-order valence-corrected chi connectivity index (χ1v) is 7.66. The summed E-state index contributed by atoms with van der Waals surface area (Å²) in [5.74, 6) is 0.219. The molecule has 0 radical (unpaired) electrons. The maximum Gasteiger partial charge on any atom is 0.353 e. The lowest BCUT2D eigenvalue weighted by Crippen LogP contribution is -2.08. The van der Waals surface area contributed by atoms with Gasteiger partial charge in [-0.1, -0.05) is 17.7 Å². The van der Waals surface area contributed by atoms with E-state index >= 15 is 0 Å². The molecule has 9 heteroatoms. The van der Waals surface area contributed by atoms with E-state index in [1.165, 1.54) is 6.33 Å². The van der Waals surface area contributed by atoms with Crippen molar-refractivity contribution >= 4 is 34.6 Å². The predicted molar refractivity (Wildman–Crippen MR) is 95.0 cm³/mol. The van der Waals surface area contributed by atoms with Gasteiger partial charge in [-0.05, 0) is 35.9 Å². The molecule has 3 rings (SSSR count). The highest BCUT2D eigenvalue weighted by Crippen LogP contribution is 2.31. The van der Waals surface area contributed by atoms with Crippen molar-refractivity contribution in [3.05, 3.63) is 75.8 Å². The van der Waals surface area contributed by atoms with Crippen LogP contribution in [-0.4, -0.2) is 19.9 Å². The van der Waals surface area contributed by atoms with Gasteiger partial charge in [0, 0.05) is 29.6 Å². The van der Waals surface area contributed by atoms with E-state index in [-0.39, 0.29) is 17.3 Å². The Bertz CT molecular complexity index is 874. The Balaban J connectivity index is 1.86. The van der Waals surface area contributed by atoms with E-state index in [4.69, 9.17) is 11.6 Å². The summed E-state index contributed by atoms with van der Waals surface area (Å²) < 4.78 is 0. The molecule has 126 valence electrons. The van der Waals surface area contributed by atoms with E-state index in [0.29, 0.717) is 17.3 Å². The van der Waals surface area contributed by atoms with Crippen molar-refractivity contribution in [3.63, 3.8) is 0 Å². The first kappa shape index (κ1) is 16.6. The monoisotopic (exact) mass is 356 g/mol. The van der Waals surface area contributed by atoms with Gasteiger partial charge in [-0.25, -0.2) is 9.97 Å². The highest BCUT2D eigenvalue weighted by molar-refractivity contribution is 6.30. The molecule has 0 spiro atoms. The summed E-state index contributed by atoms with van der Waals surface area (Å²) in [6.45, 7) is 0.353. The van der Waals surface area contributed by atoms with Gasteiger partial charge in [0.15, 0.2) is 0 Å². The number of pyridine rings is 1. The van der Waals surface area contributed by atoms with Crippen LogP contribution in [-0.2, 0) is 6.54 Å². The van der Waals surface area contributed by atoms with E-state index in [1.54, 1.807) is 42.7 Å². The molecule has 0 aliphatic rings. The molecule has 2 aromatic heterocycles. The number of nitrogens with one attached hydrogen (secondary N) is 2. The average Bonchev–Trinajstić information content (AvgIpc) is 2.62. The minimum atomic E-state index is -0.524. The summed E-state index contributed by atoms with van der Waals surface area (Å²) in [5, 5.41) is 17.9. The normalized spacial score (nSPS) is 10.3. The van der Waals surface area contributed by atoms with Crippen molar-refractivity contribution in [2.24, 2.45) is 0 Å². The molecular weight excluding hydrogens is 344 g/mol. The fraction of sp³-hybridized carbons (Fsp3) is 0.0625. The van der Waals surface area contributed by atoms with Crippen LogP contribution < -0.4 is 10.6 Å². The number of rotatable bonds is 6. The Morgan fingerprint density at radius 3 is 2.56 bits per heavy atom. The van der Waals surface area contributed by atoms with E-state index < -0.39 is 4.92 Å². The van der Waals surface area contributed by atoms with Crippen molar-refractivity contribution < 1.29 is 4.92 Å². The summed E-state index contributed by atoms with van der Waals surface area (Å²) in [5.41, 5.74) is 1.27. The molecule has 8 nitrogen and oxygen atoms in total. The average molecular weight is 357 g/mol. The maximum atomic E-state index is 11.5. The number of anilines is 3. The third-order valence-electron chi connectivity index (χ3n) is 3.29. The van der Waals surface area contributed by atoms with Crippen LogP contribution in [0, 0.1) is 10.1 Å². The van der Waals surface area contributed by atoms with Crippen LogP contribution in [0.4, 0.5) is 23.0 Å². The first-order valence-electron chi connectivity index (χ1n) is 7.28. The summed E-state index contributed by atoms with van der Waals surface area (Å²) in [6, 6.07) is 10.4. The number of aromatic nitrogens is 3. The van der Waals surface area contributed by atoms with Crippen molar-refractivity contribution in [1.29, 1.82) is 0 Å². The minimum absolute atomic E-state index is 0.0935. The lowest BCUT2D eigenvalue weighted by atomic mass is 10.3. The highest BCUT2D eigenvalue weighted by atomic mass is 35.5. The molecule has 0 unspecified atom stereocenters.